The minimum atomic E-state index is 0.126. The molecule has 118 valence electrons. The van der Waals surface area contributed by atoms with Crippen LogP contribution in [0.4, 0.5) is 0 Å². The molecule has 0 radical (unpaired) electrons. The van der Waals surface area contributed by atoms with Gasteiger partial charge in [0, 0.05) is 19.1 Å². The smallest absolute Gasteiger partial charge is 0.137 e. The maximum Gasteiger partial charge on any atom is 0.137 e. The second kappa shape index (κ2) is 8.18. The van der Waals surface area contributed by atoms with E-state index in [1.54, 1.807) is 7.11 Å². The highest BCUT2D eigenvalue weighted by atomic mass is 35.5. The molecule has 0 heterocycles. The number of benzene rings is 2. The van der Waals surface area contributed by atoms with Crippen LogP contribution < -0.4 is 4.74 Å². The first-order chi connectivity index (χ1) is 10.7. The minimum Gasteiger partial charge on any atom is -0.495 e. The Morgan fingerprint density at radius 2 is 1.91 bits per heavy atom. The molecule has 0 aliphatic heterocycles. The molecular weight excluding hydrogens is 298 g/mol. The predicted molar refractivity (Wildman–Crippen MR) is 90.4 cm³/mol. The lowest BCUT2D eigenvalue weighted by Crippen LogP contribution is -2.29. The number of aliphatic hydroxyl groups is 1. The van der Waals surface area contributed by atoms with Gasteiger partial charge in [0.2, 0.25) is 0 Å². The molecule has 0 bridgehead atoms. The van der Waals surface area contributed by atoms with Crippen LogP contribution in [-0.2, 0) is 6.54 Å². The summed E-state index contributed by atoms with van der Waals surface area (Å²) in [5.74, 6) is 0.676. The molecule has 0 aliphatic carbocycles. The zero-order valence-corrected chi connectivity index (χ0v) is 13.8. The Labute approximate surface area is 137 Å². The Balaban J connectivity index is 2.16. The van der Waals surface area contributed by atoms with Crippen LogP contribution >= 0.6 is 11.6 Å². The highest BCUT2D eigenvalue weighted by Gasteiger charge is 2.16. The van der Waals surface area contributed by atoms with E-state index in [-0.39, 0.29) is 12.6 Å². The van der Waals surface area contributed by atoms with Crippen molar-refractivity contribution >= 4 is 11.6 Å². The van der Waals surface area contributed by atoms with Crippen LogP contribution in [0.25, 0.3) is 0 Å². The molecule has 1 atom stereocenters. The van der Waals surface area contributed by atoms with E-state index in [1.165, 1.54) is 5.56 Å². The van der Waals surface area contributed by atoms with E-state index >= 15 is 0 Å². The van der Waals surface area contributed by atoms with Crippen LogP contribution in [0, 0.1) is 0 Å². The van der Waals surface area contributed by atoms with Crippen molar-refractivity contribution in [1.82, 2.24) is 4.90 Å². The van der Waals surface area contributed by atoms with Crippen LogP contribution in [0.15, 0.2) is 48.5 Å². The van der Waals surface area contributed by atoms with E-state index in [1.807, 2.05) is 36.4 Å². The van der Waals surface area contributed by atoms with Gasteiger partial charge in [-0.3, -0.25) is 4.90 Å². The summed E-state index contributed by atoms with van der Waals surface area (Å²) in [5, 5.41) is 9.97. The second-order valence-electron chi connectivity index (χ2n) is 5.25. The molecule has 4 heteroatoms. The SMILES string of the molecule is COc1ccc(CN(CCO)C(C)c2ccccc2)cc1Cl. The van der Waals surface area contributed by atoms with Crippen molar-refractivity contribution in [2.45, 2.75) is 19.5 Å². The first-order valence-electron chi connectivity index (χ1n) is 7.38. The zero-order chi connectivity index (χ0) is 15.9. The second-order valence-corrected chi connectivity index (χ2v) is 5.66. The molecule has 0 spiro atoms. The zero-order valence-electron chi connectivity index (χ0n) is 13.0. The molecule has 2 aromatic rings. The number of hydrogen-bond donors (Lipinski definition) is 1. The van der Waals surface area contributed by atoms with Crippen LogP contribution in [0.1, 0.15) is 24.1 Å². The fourth-order valence-electron chi connectivity index (χ4n) is 2.52. The molecule has 0 amide bonds. The Morgan fingerprint density at radius 1 is 1.18 bits per heavy atom. The van der Waals surface area contributed by atoms with Crippen molar-refractivity contribution in [3.05, 3.63) is 64.7 Å². The Bertz CT molecular complexity index is 589. The topological polar surface area (TPSA) is 32.7 Å². The number of rotatable bonds is 7. The summed E-state index contributed by atoms with van der Waals surface area (Å²) in [5.41, 5.74) is 2.33. The van der Waals surface area contributed by atoms with Crippen molar-refractivity contribution in [1.29, 1.82) is 0 Å². The average Bonchev–Trinajstić information content (AvgIpc) is 2.55. The van der Waals surface area contributed by atoms with Gasteiger partial charge in [0.1, 0.15) is 5.75 Å². The molecular formula is C18H22ClNO2. The van der Waals surface area contributed by atoms with E-state index in [4.69, 9.17) is 16.3 Å². The van der Waals surface area contributed by atoms with E-state index in [2.05, 4.69) is 24.0 Å². The number of halogens is 1. The molecule has 0 fully saturated rings. The van der Waals surface area contributed by atoms with Gasteiger partial charge >= 0.3 is 0 Å². The molecule has 2 aromatic carbocycles. The molecule has 1 unspecified atom stereocenters. The average molecular weight is 320 g/mol. The van der Waals surface area contributed by atoms with Gasteiger partial charge in [-0.15, -0.1) is 0 Å². The fourth-order valence-corrected chi connectivity index (χ4v) is 2.80. The van der Waals surface area contributed by atoms with Crippen LogP contribution in [0.5, 0.6) is 5.75 Å². The van der Waals surface area contributed by atoms with Gasteiger partial charge in [0.05, 0.1) is 18.7 Å². The summed E-state index contributed by atoms with van der Waals surface area (Å²) in [6, 6.07) is 16.3. The van der Waals surface area contributed by atoms with Gasteiger partial charge in [0.15, 0.2) is 0 Å². The molecule has 0 saturated carbocycles. The lowest BCUT2D eigenvalue weighted by atomic mass is 10.1. The van der Waals surface area contributed by atoms with E-state index in [9.17, 15) is 5.11 Å². The first-order valence-corrected chi connectivity index (χ1v) is 7.75. The quantitative estimate of drug-likeness (QED) is 0.840. The molecule has 1 N–H and O–H groups in total. The van der Waals surface area contributed by atoms with Crippen LogP contribution in [0.2, 0.25) is 5.02 Å². The van der Waals surface area contributed by atoms with Crippen molar-refractivity contribution in [2.24, 2.45) is 0 Å². The first kappa shape index (κ1) is 16.8. The van der Waals surface area contributed by atoms with Crippen molar-refractivity contribution in [2.75, 3.05) is 20.3 Å². The number of hydrogen-bond acceptors (Lipinski definition) is 3. The van der Waals surface area contributed by atoms with Gasteiger partial charge in [-0.05, 0) is 30.2 Å². The summed E-state index contributed by atoms with van der Waals surface area (Å²) >= 11 is 6.19. The molecule has 3 nitrogen and oxygen atoms in total. The Hall–Kier alpha value is -1.55. The number of methoxy groups -OCH3 is 1. The normalized spacial score (nSPS) is 12.4. The highest BCUT2D eigenvalue weighted by molar-refractivity contribution is 6.32. The summed E-state index contributed by atoms with van der Waals surface area (Å²) in [4.78, 5) is 2.23. The number of nitrogens with zero attached hydrogens (tertiary/aromatic N) is 1. The summed E-state index contributed by atoms with van der Waals surface area (Å²) < 4.78 is 5.18. The monoisotopic (exact) mass is 319 g/mol. The molecule has 0 aliphatic rings. The van der Waals surface area contributed by atoms with Crippen molar-refractivity contribution in [3.8, 4) is 5.75 Å². The maximum atomic E-state index is 9.36. The van der Waals surface area contributed by atoms with Gasteiger partial charge in [0.25, 0.3) is 0 Å². The van der Waals surface area contributed by atoms with E-state index in [0.717, 1.165) is 12.1 Å². The molecule has 0 saturated heterocycles. The molecule has 0 aromatic heterocycles. The number of aliphatic hydroxyl groups excluding tert-OH is 1. The van der Waals surface area contributed by atoms with Crippen molar-refractivity contribution in [3.63, 3.8) is 0 Å². The predicted octanol–water partition coefficient (Wildman–Crippen LogP) is 3.90. The lowest BCUT2D eigenvalue weighted by Gasteiger charge is -2.29. The van der Waals surface area contributed by atoms with Crippen molar-refractivity contribution < 1.29 is 9.84 Å². The van der Waals surface area contributed by atoms with E-state index in [0.29, 0.717) is 17.3 Å². The standard InChI is InChI=1S/C18H22ClNO2/c1-14(16-6-4-3-5-7-16)20(10-11-21)13-15-8-9-18(22-2)17(19)12-15/h3-9,12,14,21H,10-11,13H2,1-2H3. The van der Waals surface area contributed by atoms with Gasteiger partial charge in [-0.1, -0.05) is 48.0 Å². The summed E-state index contributed by atoms with van der Waals surface area (Å²) in [6.45, 7) is 3.61. The molecule has 2 rings (SSSR count). The van der Waals surface area contributed by atoms with Crippen LogP contribution in [0.3, 0.4) is 0 Å². The maximum absolute atomic E-state index is 9.36. The fraction of sp³-hybridized carbons (Fsp3) is 0.333. The van der Waals surface area contributed by atoms with Crippen LogP contribution in [-0.4, -0.2) is 30.3 Å². The third kappa shape index (κ3) is 4.23. The third-order valence-electron chi connectivity index (χ3n) is 3.82. The Morgan fingerprint density at radius 3 is 2.50 bits per heavy atom. The Kier molecular flexibility index (Phi) is 6.25. The number of ether oxygens (including phenoxy) is 1. The highest BCUT2D eigenvalue weighted by Crippen LogP contribution is 2.27. The summed E-state index contributed by atoms with van der Waals surface area (Å²) in [6.07, 6.45) is 0. The largest absolute Gasteiger partial charge is 0.495 e. The minimum absolute atomic E-state index is 0.126. The van der Waals surface area contributed by atoms with Gasteiger partial charge in [-0.2, -0.15) is 0 Å². The van der Waals surface area contributed by atoms with E-state index < -0.39 is 0 Å². The summed E-state index contributed by atoms with van der Waals surface area (Å²) in [7, 11) is 1.61. The molecule has 22 heavy (non-hydrogen) atoms. The lowest BCUT2D eigenvalue weighted by molar-refractivity contribution is 0.151. The van der Waals surface area contributed by atoms with Gasteiger partial charge in [-0.25, -0.2) is 0 Å². The third-order valence-corrected chi connectivity index (χ3v) is 4.11. The van der Waals surface area contributed by atoms with Gasteiger partial charge < -0.3 is 9.84 Å².